The molecule has 1 saturated heterocycles. The Morgan fingerprint density at radius 3 is 2.89 bits per heavy atom. The molecule has 0 spiro atoms. The van der Waals surface area contributed by atoms with Gasteiger partial charge >= 0.3 is 0 Å². The number of phenols is 1. The minimum Gasteiger partial charge on any atom is -0.508 e. The van der Waals surface area contributed by atoms with Crippen LogP contribution in [0, 0.1) is 5.41 Å². The molecule has 1 heterocycles. The van der Waals surface area contributed by atoms with Crippen molar-refractivity contribution in [2.45, 2.75) is 50.5 Å². The van der Waals surface area contributed by atoms with Crippen molar-refractivity contribution in [2.75, 3.05) is 6.54 Å². The summed E-state index contributed by atoms with van der Waals surface area (Å²) in [6, 6.07) is 6.02. The highest BCUT2D eigenvalue weighted by Crippen LogP contribution is 2.61. The number of phenolic OH excluding ortho intramolecular Hbond substituents is 1. The summed E-state index contributed by atoms with van der Waals surface area (Å²) in [5, 5.41) is 13.7. The number of fused-ring (bicyclic) bond motifs is 1. The van der Waals surface area contributed by atoms with Crippen LogP contribution in [0.4, 0.5) is 0 Å². The van der Waals surface area contributed by atoms with Crippen molar-refractivity contribution in [3.8, 4) is 5.75 Å². The van der Waals surface area contributed by atoms with Gasteiger partial charge in [-0.05, 0) is 67.3 Å². The molecule has 2 atom stereocenters. The first-order valence-corrected chi connectivity index (χ1v) is 7.33. The van der Waals surface area contributed by atoms with Crippen LogP contribution in [0.2, 0.25) is 0 Å². The zero-order valence-corrected chi connectivity index (χ0v) is 10.8. The summed E-state index contributed by atoms with van der Waals surface area (Å²) in [5.41, 5.74) is 3.52. The van der Waals surface area contributed by atoms with Crippen molar-refractivity contribution in [1.82, 2.24) is 5.32 Å². The zero-order valence-electron chi connectivity index (χ0n) is 10.8. The lowest BCUT2D eigenvalue weighted by molar-refractivity contribution is 0.0522. The summed E-state index contributed by atoms with van der Waals surface area (Å²) in [6.45, 7) is 1.15. The molecule has 1 saturated carbocycles. The molecule has 18 heavy (non-hydrogen) atoms. The van der Waals surface area contributed by atoms with E-state index in [0.717, 1.165) is 6.54 Å². The zero-order chi connectivity index (χ0) is 12.2. The Hall–Kier alpha value is -1.02. The predicted molar refractivity (Wildman–Crippen MR) is 71.6 cm³/mol. The van der Waals surface area contributed by atoms with E-state index in [1.54, 1.807) is 0 Å². The van der Waals surface area contributed by atoms with Crippen molar-refractivity contribution >= 4 is 0 Å². The first-order valence-electron chi connectivity index (χ1n) is 7.33. The molecule has 96 valence electrons. The Kier molecular flexibility index (Phi) is 2.12. The Balaban J connectivity index is 1.94. The second-order valence-electron chi connectivity index (χ2n) is 6.41. The fourth-order valence-corrected chi connectivity index (χ4v) is 4.99. The Labute approximate surface area is 108 Å². The van der Waals surface area contributed by atoms with Gasteiger partial charge in [-0.1, -0.05) is 18.9 Å². The second-order valence-corrected chi connectivity index (χ2v) is 6.41. The van der Waals surface area contributed by atoms with Crippen LogP contribution in [0.25, 0.3) is 0 Å². The molecule has 2 heteroatoms. The number of rotatable bonds is 0. The molecular weight excluding hydrogens is 222 g/mol. The van der Waals surface area contributed by atoms with Crippen molar-refractivity contribution in [3.05, 3.63) is 29.3 Å². The SMILES string of the molecule is Oc1ccc2c(c1)C13CCCCC1(CCN3)CC2. The largest absolute Gasteiger partial charge is 0.508 e. The van der Waals surface area contributed by atoms with Gasteiger partial charge in [-0.25, -0.2) is 0 Å². The molecule has 0 aromatic heterocycles. The molecule has 0 amide bonds. The molecule has 0 radical (unpaired) electrons. The summed E-state index contributed by atoms with van der Waals surface area (Å²) in [7, 11) is 0. The van der Waals surface area contributed by atoms with E-state index in [0.29, 0.717) is 11.2 Å². The molecule has 2 fully saturated rings. The maximum Gasteiger partial charge on any atom is 0.115 e. The summed E-state index contributed by atoms with van der Waals surface area (Å²) in [4.78, 5) is 0. The fraction of sp³-hybridized carbons (Fsp3) is 0.625. The van der Waals surface area contributed by atoms with Crippen LogP contribution in [0.15, 0.2) is 18.2 Å². The van der Waals surface area contributed by atoms with E-state index in [2.05, 4.69) is 11.4 Å². The number of benzene rings is 1. The van der Waals surface area contributed by atoms with Crippen LogP contribution >= 0.6 is 0 Å². The van der Waals surface area contributed by atoms with E-state index in [1.165, 1.54) is 56.1 Å². The third kappa shape index (κ3) is 1.17. The number of nitrogens with one attached hydrogen (secondary N) is 1. The van der Waals surface area contributed by atoms with Crippen LogP contribution in [0.1, 0.15) is 49.7 Å². The highest BCUT2D eigenvalue weighted by molar-refractivity contribution is 5.45. The van der Waals surface area contributed by atoms with Gasteiger partial charge < -0.3 is 10.4 Å². The minimum atomic E-state index is 0.178. The average Bonchev–Trinajstić information content (AvgIpc) is 2.79. The van der Waals surface area contributed by atoms with Crippen molar-refractivity contribution in [2.24, 2.45) is 5.41 Å². The quantitative estimate of drug-likeness (QED) is 0.734. The van der Waals surface area contributed by atoms with Crippen LogP contribution < -0.4 is 5.32 Å². The highest BCUT2D eigenvalue weighted by atomic mass is 16.3. The fourth-order valence-electron chi connectivity index (χ4n) is 4.99. The van der Waals surface area contributed by atoms with Gasteiger partial charge in [0, 0.05) is 5.54 Å². The lowest BCUT2D eigenvalue weighted by Gasteiger charge is -2.53. The molecule has 2 nitrogen and oxygen atoms in total. The Bertz CT molecular complexity index is 498. The molecule has 1 aromatic carbocycles. The van der Waals surface area contributed by atoms with Gasteiger partial charge in [0.1, 0.15) is 5.75 Å². The maximum atomic E-state index is 9.87. The first-order chi connectivity index (χ1) is 8.76. The van der Waals surface area contributed by atoms with Gasteiger partial charge in [0.25, 0.3) is 0 Å². The Morgan fingerprint density at radius 1 is 1.06 bits per heavy atom. The van der Waals surface area contributed by atoms with Crippen LogP contribution in [-0.4, -0.2) is 11.7 Å². The topological polar surface area (TPSA) is 32.3 Å². The molecule has 2 aliphatic carbocycles. The van der Waals surface area contributed by atoms with Gasteiger partial charge in [0.05, 0.1) is 0 Å². The number of hydrogen-bond acceptors (Lipinski definition) is 2. The molecule has 1 aromatic rings. The monoisotopic (exact) mass is 243 g/mol. The minimum absolute atomic E-state index is 0.178. The number of hydrogen-bond donors (Lipinski definition) is 2. The molecule has 3 aliphatic rings. The van der Waals surface area contributed by atoms with E-state index in [-0.39, 0.29) is 5.54 Å². The van der Waals surface area contributed by atoms with Crippen molar-refractivity contribution in [3.63, 3.8) is 0 Å². The maximum absolute atomic E-state index is 9.87. The van der Waals surface area contributed by atoms with Crippen LogP contribution in [0.3, 0.4) is 0 Å². The standard InChI is InChI=1S/C16H21NO/c18-13-4-3-12-5-8-15-6-1-2-7-16(15,14(12)11-13)17-10-9-15/h3-4,11,17-18H,1-2,5-10H2. The number of aromatic hydroxyl groups is 1. The Morgan fingerprint density at radius 2 is 1.94 bits per heavy atom. The summed E-state index contributed by atoms with van der Waals surface area (Å²) in [5.74, 6) is 0.429. The van der Waals surface area contributed by atoms with Gasteiger partial charge in [-0.15, -0.1) is 0 Å². The van der Waals surface area contributed by atoms with Crippen LogP contribution in [-0.2, 0) is 12.0 Å². The van der Waals surface area contributed by atoms with Crippen LogP contribution in [0.5, 0.6) is 5.75 Å². The third-order valence-electron chi connectivity index (χ3n) is 5.82. The smallest absolute Gasteiger partial charge is 0.115 e. The lowest BCUT2D eigenvalue weighted by Crippen LogP contribution is -2.53. The van der Waals surface area contributed by atoms with Gasteiger partial charge in [-0.3, -0.25) is 0 Å². The van der Waals surface area contributed by atoms with E-state index in [4.69, 9.17) is 0 Å². The molecular formula is C16H21NO. The predicted octanol–water partition coefficient (Wildman–Crippen LogP) is 3.09. The average molecular weight is 243 g/mol. The third-order valence-corrected chi connectivity index (χ3v) is 5.82. The highest BCUT2D eigenvalue weighted by Gasteiger charge is 2.58. The van der Waals surface area contributed by atoms with E-state index < -0.39 is 0 Å². The van der Waals surface area contributed by atoms with Gasteiger partial charge in [0.15, 0.2) is 0 Å². The van der Waals surface area contributed by atoms with Gasteiger partial charge in [-0.2, -0.15) is 0 Å². The molecule has 2 N–H and O–H groups in total. The molecule has 0 bridgehead atoms. The summed E-state index contributed by atoms with van der Waals surface area (Å²) < 4.78 is 0. The van der Waals surface area contributed by atoms with E-state index in [1.807, 2.05) is 12.1 Å². The normalized spacial score (nSPS) is 37.8. The summed E-state index contributed by atoms with van der Waals surface area (Å²) >= 11 is 0. The lowest BCUT2D eigenvalue weighted by atomic mass is 9.54. The summed E-state index contributed by atoms with van der Waals surface area (Å²) in [6.07, 6.45) is 9.18. The second kappa shape index (κ2) is 3.51. The molecule has 2 unspecified atom stereocenters. The number of aryl methyl sites for hydroxylation is 1. The van der Waals surface area contributed by atoms with E-state index >= 15 is 0 Å². The molecule has 4 rings (SSSR count). The van der Waals surface area contributed by atoms with Crippen molar-refractivity contribution < 1.29 is 5.11 Å². The van der Waals surface area contributed by atoms with E-state index in [9.17, 15) is 5.11 Å². The van der Waals surface area contributed by atoms with Crippen molar-refractivity contribution in [1.29, 1.82) is 0 Å². The first kappa shape index (κ1) is 10.9. The van der Waals surface area contributed by atoms with Gasteiger partial charge in [0.2, 0.25) is 0 Å². The molecule has 1 aliphatic heterocycles.